The summed E-state index contributed by atoms with van der Waals surface area (Å²) in [5, 5.41) is 0. The highest BCUT2D eigenvalue weighted by atomic mass is 16.5. The molecule has 19 heavy (non-hydrogen) atoms. The van der Waals surface area contributed by atoms with Crippen molar-refractivity contribution in [2.24, 2.45) is 5.92 Å². The normalized spacial score (nSPS) is 32.6. The first kappa shape index (κ1) is 14.9. The van der Waals surface area contributed by atoms with E-state index in [1.165, 1.54) is 32.4 Å². The van der Waals surface area contributed by atoms with Gasteiger partial charge in [-0.1, -0.05) is 18.8 Å². The lowest BCUT2D eigenvalue weighted by Gasteiger charge is -2.40. The van der Waals surface area contributed by atoms with Gasteiger partial charge in [-0.15, -0.1) is 0 Å². The molecule has 0 spiro atoms. The summed E-state index contributed by atoms with van der Waals surface area (Å²) in [6.07, 6.45) is 6.08. The van der Waals surface area contributed by atoms with E-state index in [-0.39, 0.29) is 11.2 Å². The van der Waals surface area contributed by atoms with E-state index in [1.807, 2.05) is 0 Å². The van der Waals surface area contributed by atoms with Crippen LogP contribution in [0.3, 0.4) is 0 Å². The summed E-state index contributed by atoms with van der Waals surface area (Å²) in [5.41, 5.74) is -0.243. The molecule has 0 amide bonds. The van der Waals surface area contributed by atoms with Crippen LogP contribution in [0.1, 0.15) is 59.8 Å². The molecule has 2 fully saturated rings. The van der Waals surface area contributed by atoms with Crippen LogP contribution >= 0.6 is 0 Å². The van der Waals surface area contributed by atoms with E-state index in [1.54, 1.807) is 0 Å². The van der Waals surface area contributed by atoms with Crippen molar-refractivity contribution in [2.75, 3.05) is 19.6 Å². The lowest BCUT2D eigenvalue weighted by Crippen LogP contribution is -2.42. The molecule has 0 aliphatic carbocycles. The van der Waals surface area contributed by atoms with Gasteiger partial charge in [-0.05, 0) is 71.9 Å². The molecule has 0 aromatic carbocycles. The van der Waals surface area contributed by atoms with Gasteiger partial charge in [0.15, 0.2) is 0 Å². The first-order valence-corrected chi connectivity index (χ1v) is 7.81. The Bertz CT molecular complexity index is 357. The fourth-order valence-corrected chi connectivity index (χ4v) is 3.21. The number of hydrogen-bond acceptors (Lipinski definition) is 2. The Morgan fingerprint density at radius 2 is 1.84 bits per heavy atom. The lowest BCUT2D eigenvalue weighted by molar-refractivity contribution is -0.135. The first-order chi connectivity index (χ1) is 8.89. The number of hydrogen-bond donors (Lipinski definition) is 0. The lowest BCUT2D eigenvalue weighted by atomic mass is 9.88. The summed E-state index contributed by atoms with van der Waals surface area (Å²) in [4.78, 5) is 2.48. The Labute approximate surface area is 118 Å². The van der Waals surface area contributed by atoms with Gasteiger partial charge in [0.05, 0.1) is 12.1 Å². The van der Waals surface area contributed by atoms with Crippen molar-refractivity contribution in [2.45, 2.75) is 71.0 Å². The Morgan fingerprint density at radius 1 is 1.16 bits per heavy atom. The zero-order valence-electron chi connectivity index (χ0n) is 13.1. The van der Waals surface area contributed by atoms with Crippen molar-refractivity contribution in [3.05, 3.63) is 0 Å². The average molecular weight is 263 g/mol. The summed E-state index contributed by atoms with van der Waals surface area (Å²) in [6, 6.07) is 0. The molecular weight excluding hydrogens is 234 g/mol. The maximum Gasteiger partial charge on any atom is 0.126 e. The maximum absolute atomic E-state index is 6.18. The van der Waals surface area contributed by atoms with Crippen molar-refractivity contribution in [1.29, 1.82) is 0 Å². The SMILES string of the molecule is CC1CCN(CC#CC2(C)CCCC(C)(C)O2)CC1. The molecule has 0 radical (unpaired) electrons. The van der Waals surface area contributed by atoms with Crippen LogP contribution in [0.4, 0.5) is 0 Å². The van der Waals surface area contributed by atoms with E-state index in [2.05, 4.69) is 44.4 Å². The summed E-state index contributed by atoms with van der Waals surface area (Å²) in [5.74, 6) is 7.66. The van der Waals surface area contributed by atoms with Crippen LogP contribution < -0.4 is 0 Å². The van der Waals surface area contributed by atoms with Crippen LogP contribution in [0.2, 0.25) is 0 Å². The predicted molar refractivity (Wildman–Crippen MR) is 80.0 cm³/mol. The maximum atomic E-state index is 6.18. The fourth-order valence-electron chi connectivity index (χ4n) is 3.21. The van der Waals surface area contributed by atoms with E-state index in [0.717, 1.165) is 25.3 Å². The Hall–Kier alpha value is -0.520. The molecule has 1 unspecified atom stereocenters. The third-order valence-electron chi connectivity index (χ3n) is 4.47. The highest BCUT2D eigenvalue weighted by Crippen LogP contribution is 2.34. The Kier molecular flexibility index (Phi) is 4.58. The van der Waals surface area contributed by atoms with E-state index >= 15 is 0 Å². The summed E-state index contributed by atoms with van der Waals surface area (Å²) in [6.45, 7) is 12.2. The molecule has 2 aliphatic rings. The van der Waals surface area contributed by atoms with Gasteiger partial charge in [0.2, 0.25) is 0 Å². The van der Waals surface area contributed by atoms with E-state index in [4.69, 9.17) is 4.74 Å². The zero-order valence-corrected chi connectivity index (χ0v) is 13.1. The monoisotopic (exact) mass is 263 g/mol. The average Bonchev–Trinajstić information content (AvgIpc) is 2.30. The zero-order chi connectivity index (χ0) is 13.9. The van der Waals surface area contributed by atoms with Crippen molar-refractivity contribution in [3.63, 3.8) is 0 Å². The largest absolute Gasteiger partial charge is 0.357 e. The summed E-state index contributed by atoms with van der Waals surface area (Å²) < 4.78 is 6.18. The minimum atomic E-state index is -0.231. The standard InChI is InChI=1S/C17H29NO/c1-15-7-13-18(14-8-15)12-6-11-17(4)10-5-9-16(2,3)19-17/h15H,5,7-10,12-14H2,1-4H3. The van der Waals surface area contributed by atoms with Crippen LogP contribution in [0, 0.1) is 17.8 Å². The van der Waals surface area contributed by atoms with Crippen molar-refractivity contribution < 1.29 is 4.74 Å². The molecule has 0 aromatic rings. The molecule has 2 saturated heterocycles. The van der Waals surface area contributed by atoms with Crippen LogP contribution in [-0.2, 0) is 4.74 Å². The molecule has 2 heteroatoms. The Morgan fingerprint density at radius 3 is 2.47 bits per heavy atom. The van der Waals surface area contributed by atoms with E-state index in [9.17, 15) is 0 Å². The number of likely N-dealkylation sites (tertiary alicyclic amines) is 1. The van der Waals surface area contributed by atoms with Gasteiger partial charge >= 0.3 is 0 Å². The number of nitrogens with zero attached hydrogens (tertiary/aromatic N) is 1. The quantitative estimate of drug-likeness (QED) is 0.672. The summed E-state index contributed by atoms with van der Waals surface area (Å²) in [7, 11) is 0. The van der Waals surface area contributed by atoms with Crippen LogP contribution in [0.15, 0.2) is 0 Å². The first-order valence-electron chi connectivity index (χ1n) is 7.81. The third kappa shape index (κ3) is 4.51. The third-order valence-corrected chi connectivity index (χ3v) is 4.47. The van der Waals surface area contributed by atoms with Crippen LogP contribution in [0.25, 0.3) is 0 Å². The van der Waals surface area contributed by atoms with Crippen LogP contribution in [-0.4, -0.2) is 35.7 Å². The molecule has 0 N–H and O–H groups in total. The molecule has 2 nitrogen and oxygen atoms in total. The fraction of sp³-hybridized carbons (Fsp3) is 0.882. The Balaban J connectivity index is 1.85. The second-order valence-corrected chi connectivity index (χ2v) is 7.21. The highest BCUT2D eigenvalue weighted by molar-refractivity contribution is 5.15. The molecule has 2 rings (SSSR count). The smallest absolute Gasteiger partial charge is 0.126 e. The molecule has 2 aliphatic heterocycles. The topological polar surface area (TPSA) is 12.5 Å². The van der Waals surface area contributed by atoms with Gasteiger partial charge in [-0.25, -0.2) is 0 Å². The van der Waals surface area contributed by atoms with E-state index in [0.29, 0.717) is 0 Å². The van der Waals surface area contributed by atoms with E-state index < -0.39 is 0 Å². The second kappa shape index (κ2) is 5.85. The molecule has 0 aromatic heterocycles. The molecule has 0 saturated carbocycles. The number of rotatable bonds is 1. The number of piperidine rings is 1. The molecule has 2 heterocycles. The minimum absolute atomic E-state index is 0.0117. The van der Waals surface area contributed by atoms with Gasteiger partial charge in [-0.3, -0.25) is 4.90 Å². The second-order valence-electron chi connectivity index (χ2n) is 7.21. The van der Waals surface area contributed by atoms with Gasteiger partial charge in [-0.2, -0.15) is 0 Å². The van der Waals surface area contributed by atoms with Crippen LogP contribution in [0.5, 0.6) is 0 Å². The predicted octanol–water partition coefficient (Wildman–Crippen LogP) is 3.46. The number of ether oxygens (including phenoxy) is 1. The van der Waals surface area contributed by atoms with Gasteiger partial charge in [0.1, 0.15) is 5.60 Å². The van der Waals surface area contributed by atoms with Gasteiger partial charge in [0, 0.05) is 0 Å². The van der Waals surface area contributed by atoms with Crippen molar-refractivity contribution in [1.82, 2.24) is 4.90 Å². The molecule has 108 valence electrons. The minimum Gasteiger partial charge on any atom is -0.357 e. The molecular formula is C17H29NO. The van der Waals surface area contributed by atoms with Crippen molar-refractivity contribution >= 4 is 0 Å². The molecule has 0 bridgehead atoms. The highest BCUT2D eigenvalue weighted by Gasteiger charge is 2.35. The van der Waals surface area contributed by atoms with Gasteiger partial charge in [0.25, 0.3) is 0 Å². The van der Waals surface area contributed by atoms with Gasteiger partial charge < -0.3 is 4.74 Å². The summed E-state index contributed by atoms with van der Waals surface area (Å²) >= 11 is 0. The van der Waals surface area contributed by atoms with Crippen molar-refractivity contribution in [3.8, 4) is 11.8 Å². The molecule has 1 atom stereocenters.